The zero-order chi connectivity index (χ0) is 6.04. The van der Waals surface area contributed by atoms with Crippen molar-refractivity contribution in [1.29, 1.82) is 0 Å². The first-order valence-electron chi connectivity index (χ1n) is 2.46. The van der Waals surface area contributed by atoms with Crippen molar-refractivity contribution in [1.82, 2.24) is 0 Å². The molecule has 8 heavy (non-hydrogen) atoms. The fourth-order valence-corrected chi connectivity index (χ4v) is 0.961. The Bertz CT molecular complexity index is 76.1. The van der Waals surface area contributed by atoms with Gasteiger partial charge in [0.1, 0.15) is 0 Å². The molecule has 1 aliphatic heterocycles. The maximum absolute atomic E-state index is 4.69. The van der Waals surface area contributed by atoms with Crippen molar-refractivity contribution >= 4 is 25.3 Å². The number of hydrogen-bond acceptors (Lipinski definition) is 4. The summed E-state index contributed by atoms with van der Waals surface area (Å²) >= 11 is 8.07. The van der Waals surface area contributed by atoms with E-state index < -0.39 is 4.27 Å². The predicted molar refractivity (Wildman–Crippen MR) is 37.0 cm³/mol. The van der Waals surface area contributed by atoms with Gasteiger partial charge in [-0.15, -0.1) is 25.3 Å². The van der Waals surface area contributed by atoms with Crippen molar-refractivity contribution in [3.63, 3.8) is 0 Å². The van der Waals surface area contributed by atoms with Crippen molar-refractivity contribution in [2.45, 2.75) is 17.1 Å². The molecule has 0 unspecified atom stereocenters. The van der Waals surface area contributed by atoms with Crippen LogP contribution in [0.15, 0.2) is 0 Å². The summed E-state index contributed by atoms with van der Waals surface area (Å²) in [6, 6.07) is 0. The zero-order valence-electron chi connectivity index (χ0n) is 4.33. The van der Waals surface area contributed by atoms with Crippen molar-refractivity contribution in [2.75, 3.05) is 6.61 Å². The smallest absolute Gasteiger partial charge is 0.189 e. The van der Waals surface area contributed by atoms with Crippen molar-refractivity contribution in [2.24, 2.45) is 0 Å². The average Bonchev–Trinajstić information content (AvgIpc) is 1.65. The van der Waals surface area contributed by atoms with Crippen molar-refractivity contribution in [3.05, 3.63) is 0 Å². The van der Waals surface area contributed by atoms with Gasteiger partial charge in [-0.1, -0.05) is 0 Å². The molecule has 0 aromatic heterocycles. The molecular formula is C4H8O2S2. The standard InChI is InChI=1S/C4H8O2S2/c7-4(8)2-1-3-5-6-4/h7-8H,1-3H2. The van der Waals surface area contributed by atoms with Crippen LogP contribution in [0.1, 0.15) is 12.8 Å². The third kappa shape index (κ3) is 1.85. The number of hydrogen-bond donors (Lipinski definition) is 2. The molecule has 1 rings (SSSR count). The molecule has 0 saturated carbocycles. The van der Waals surface area contributed by atoms with E-state index in [2.05, 4.69) is 30.1 Å². The molecule has 1 saturated heterocycles. The Morgan fingerprint density at radius 2 is 2.12 bits per heavy atom. The first-order valence-corrected chi connectivity index (χ1v) is 3.35. The van der Waals surface area contributed by atoms with Gasteiger partial charge in [0.2, 0.25) is 0 Å². The molecular weight excluding hydrogens is 144 g/mol. The second-order valence-corrected chi connectivity index (χ2v) is 3.55. The fourth-order valence-electron chi connectivity index (χ4n) is 0.539. The lowest BCUT2D eigenvalue weighted by atomic mass is 10.3. The molecule has 0 aromatic carbocycles. The van der Waals surface area contributed by atoms with E-state index >= 15 is 0 Å². The second kappa shape index (κ2) is 2.47. The number of rotatable bonds is 0. The summed E-state index contributed by atoms with van der Waals surface area (Å²) in [6.45, 7) is 0.656. The topological polar surface area (TPSA) is 18.5 Å². The zero-order valence-corrected chi connectivity index (χ0v) is 6.12. The molecule has 0 radical (unpaired) electrons. The Hall–Kier alpha value is 0.620. The van der Waals surface area contributed by atoms with Crippen LogP contribution in [0.3, 0.4) is 0 Å². The summed E-state index contributed by atoms with van der Waals surface area (Å²) < 4.78 is -0.655. The Morgan fingerprint density at radius 3 is 2.38 bits per heavy atom. The van der Waals surface area contributed by atoms with Gasteiger partial charge in [0.25, 0.3) is 0 Å². The Balaban J connectivity index is 2.33. The Morgan fingerprint density at radius 1 is 1.38 bits per heavy atom. The summed E-state index contributed by atoms with van der Waals surface area (Å²) in [6.07, 6.45) is 1.80. The third-order valence-corrected chi connectivity index (χ3v) is 1.52. The van der Waals surface area contributed by atoms with E-state index in [1.54, 1.807) is 0 Å². The summed E-state index contributed by atoms with van der Waals surface area (Å²) in [5, 5.41) is 0. The summed E-state index contributed by atoms with van der Waals surface area (Å²) in [4.78, 5) is 9.33. The lowest BCUT2D eigenvalue weighted by molar-refractivity contribution is -0.332. The van der Waals surface area contributed by atoms with E-state index in [0.717, 1.165) is 12.8 Å². The van der Waals surface area contributed by atoms with Crippen molar-refractivity contribution < 1.29 is 9.78 Å². The van der Waals surface area contributed by atoms with E-state index in [1.165, 1.54) is 0 Å². The van der Waals surface area contributed by atoms with E-state index in [4.69, 9.17) is 4.89 Å². The first kappa shape index (κ1) is 6.74. The summed E-state index contributed by atoms with van der Waals surface area (Å²) in [5.74, 6) is 0. The SMILES string of the molecule is SC1(S)CCCOO1. The number of thiol groups is 2. The van der Waals surface area contributed by atoms with Crippen LogP contribution in [0.4, 0.5) is 0 Å². The maximum atomic E-state index is 4.69. The van der Waals surface area contributed by atoms with Crippen molar-refractivity contribution in [3.8, 4) is 0 Å². The summed E-state index contributed by atoms with van der Waals surface area (Å²) in [7, 11) is 0. The van der Waals surface area contributed by atoms with Crippen LogP contribution in [0, 0.1) is 0 Å². The van der Waals surface area contributed by atoms with Gasteiger partial charge in [0.05, 0.1) is 6.61 Å². The highest BCUT2D eigenvalue weighted by atomic mass is 32.2. The van der Waals surface area contributed by atoms with Gasteiger partial charge in [0.15, 0.2) is 4.27 Å². The van der Waals surface area contributed by atoms with Crippen LogP contribution in [-0.4, -0.2) is 10.9 Å². The van der Waals surface area contributed by atoms with Crippen LogP contribution in [0.5, 0.6) is 0 Å². The molecule has 0 spiro atoms. The molecule has 0 atom stereocenters. The lowest BCUT2D eigenvalue weighted by Crippen LogP contribution is -2.24. The van der Waals surface area contributed by atoms with Gasteiger partial charge in [-0.3, -0.25) is 0 Å². The molecule has 1 heterocycles. The molecule has 1 aliphatic rings. The van der Waals surface area contributed by atoms with Crippen LogP contribution in [-0.2, 0) is 9.78 Å². The van der Waals surface area contributed by atoms with Gasteiger partial charge < -0.3 is 0 Å². The van der Waals surface area contributed by atoms with Gasteiger partial charge in [0, 0.05) is 6.42 Å². The monoisotopic (exact) mass is 152 g/mol. The quantitative estimate of drug-likeness (QED) is 0.309. The fraction of sp³-hybridized carbons (Fsp3) is 1.00. The molecule has 1 fully saturated rings. The van der Waals surface area contributed by atoms with Crippen LogP contribution < -0.4 is 0 Å². The van der Waals surface area contributed by atoms with Crippen LogP contribution in [0.2, 0.25) is 0 Å². The minimum atomic E-state index is -0.655. The maximum Gasteiger partial charge on any atom is 0.189 e. The molecule has 0 aliphatic carbocycles. The molecule has 0 aromatic rings. The van der Waals surface area contributed by atoms with E-state index in [0.29, 0.717) is 6.61 Å². The Labute approximate surface area is 59.3 Å². The largest absolute Gasteiger partial charge is 0.234 e. The Kier molecular flexibility index (Phi) is 2.08. The first-order chi connectivity index (χ1) is 3.71. The molecule has 0 amide bonds. The molecule has 48 valence electrons. The second-order valence-electron chi connectivity index (χ2n) is 1.75. The average molecular weight is 152 g/mol. The van der Waals surface area contributed by atoms with Gasteiger partial charge in [-0.25, -0.2) is 9.78 Å². The normalized spacial score (nSPS) is 27.8. The molecule has 4 heteroatoms. The predicted octanol–water partition coefficient (Wildman–Crippen LogP) is 1.24. The lowest BCUT2D eigenvalue weighted by Gasteiger charge is -2.25. The highest BCUT2D eigenvalue weighted by molar-refractivity contribution is 8.00. The van der Waals surface area contributed by atoms with Gasteiger partial charge in [-0.05, 0) is 6.42 Å². The highest BCUT2D eigenvalue weighted by Gasteiger charge is 2.25. The van der Waals surface area contributed by atoms with Gasteiger partial charge >= 0.3 is 0 Å². The van der Waals surface area contributed by atoms with E-state index in [9.17, 15) is 0 Å². The molecule has 0 N–H and O–H groups in total. The summed E-state index contributed by atoms with van der Waals surface area (Å²) in [5.41, 5.74) is 0. The van der Waals surface area contributed by atoms with E-state index in [1.807, 2.05) is 0 Å². The van der Waals surface area contributed by atoms with Crippen LogP contribution >= 0.6 is 25.3 Å². The molecule has 2 nitrogen and oxygen atoms in total. The van der Waals surface area contributed by atoms with Gasteiger partial charge in [-0.2, -0.15) is 0 Å². The van der Waals surface area contributed by atoms with E-state index in [-0.39, 0.29) is 0 Å². The van der Waals surface area contributed by atoms with Crippen LogP contribution in [0.25, 0.3) is 0 Å². The minimum absolute atomic E-state index is 0.655. The highest BCUT2D eigenvalue weighted by Crippen LogP contribution is 2.30. The molecule has 0 bridgehead atoms. The minimum Gasteiger partial charge on any atom is -0.234 e. The third-order valence-electron chi connectivity index (χ3n) is 0.923.